The molecule has 0 rings (SSSR count). The van der Waals surface area contributed by atoms with Crippen molar-refractivity contribution in [2.24, 2.45) is 5.92 Å². The Kier molecular flexibility index (Phi) is 5.66. The molecule has 12 heavy (non-hydrogen) atoms. The van der Waals surface area contributed by atoms with Gasteiger partial charge in [-0.2, -0.15) is 0 Å². The van der Waals surface area contributed by atoms with Crippen molar-refractivity contribution in [2.45, 2.75) is 26.1 Å². The van der Waals surface area contributed by atoms with E-state index < -0.39 is 5.97 Å². The zero-order chi connectivity index (χ0) is 9.56. The lowest BCUT2D eigenvalue weighted by Crippen LogP contribution is -2.18. The average molecular weight is 176 g/mol. The molecule has 0 radical (unpaired) electrons. The van der Waals surface area contributed by atoms with Gasteiger partial charge in [0.2, 0.25) is 0 Å². The standard InChI is InChI=1S/C8H16O4/c1-6(4-7(9)10)5-8(11-2)12-3/h6,8H,4-5H2,1-3H3,(H,9,10)/t6-/m0/s1. The molecule has 0 spiro atoms. The second-order valence-corrected chi connectivity index (χ2v) is 2.84. The lowest BCUT2D eigenvalue weighted by molar-refractivity contribution is -0.140. The summed E-state index contributed by atoms with van der Waals surface area (Å²) in [7, 11) is 3.09. The molecule has 1 atom stereocenters. The summed E-state index contributed by atoms with van der Waals surface area (Å²) in [5.41, 5.74) is 0. The maximum Gasteiger partial charge on any atom is 0.303 e. The fraction of sp³-hybridized carbons (Fsp3) is 0.875. The number of hydrogen-bond donors (Lipinski definition) is 1. The molecule has 0 aliphatic heterocycles. The minimum atomic E-state index is -0.784. The highest BCUT2D eigenvalue weighted by Crippen LogP contribution is 2.12. The van der Waals surface area contributed by atoms with Crippen LogP contribution in [0.1, 0.15) is 19.8 Å². The third-order valence-electron chi connectivity index (χ3n) is 1.64. The van der Waals surface area contributed by atoms with Crippen molar-refractivity contribution in [1.82, 2.24) is 0 Å². The van der Waals surface area contributed by atoms with Gasteiger partial charge in [0.05, 0.1) is 0 Å². The summed E-state index contributed by atoms with van der Waals surface area (Å²) in [5.74, 6) is -0.708. The van der Waals surface area contributed by atoms with E-state index in [2.05, 4.69) is 0 Å². The summed E-state index contributed by atoms with van der Waals surface area (Å²) in [4.78, 5) is 10.3. The molecule has 0 aromatic carbocycles. The highest BCUT2D eigenvalue weighted by molar-refractivity contribution is 5.66. The number of carboxylic acid groups (broad SMARTS) is 1. The highest BCUT2D eigenvalue weighted by Gasteiger charge is 2.13. The van der Waals surface area contributed by atoms with Gasteiger partial charge in [-0.15, -0.1) is 0 Å². The van der Waals surface area contributed by atoms with Gasteiger partial charge in [-0.3, -0.25) is 4.79 Å². The predicted molar refractivity (Wildman–Crippen MR) is 43.8 cm³/mol. The van der Waals surface area contributed by atoms with Crippen LogP contribution in [0.3, 0.4) is 0 Å². The molecule has 0 aliphatic rings. The van der Waals surface area contributed by atoms with Crippen molar-refractivity contribution in [3.8, 4) is 0 Å². The molecule has 0 saturated carbocycles. The van der Waals surface area contributed by atoms with Crippen LogP contribution in [-0.4, -0.2) is 31.6 Å². The van der Waals surface area contributed by atoms with Crippen molar-refractivity contribution < 1.29 is 19.4 Å². The van der Waals surface area contributed by atoms with Gasteiger partial charge in [0, 0.05) is 27.1 Å². The van der Waals surface area contributed by atoms with Crippen LogP contribution in [0.4, 0.5) is 0 Å². The quantitative estimate of drug-likeness (QED) is 0.616. The Morgan fingerprint density at radius 2 is 1.92 bits per heavy atom. The first-order valence-electron chi connectivity index (χ1n) is 3.87. The molecule has 4 nitrogen and oxygen atoms in total. The Labute approximate surface area is 72.5 Å². The molecule has 0 aromatic heterocycles. The van der Waals surface area contributed by atoms with Crippen LogP contribution in [0.5, 0.6) is 0 Å². The minimum Gasteiger partial charge on any atom is -0.481 e. The first-order chi connectivity index (χ1) is 5.60. The van der Waals surface area contributed by atoms with E-state index in [-0.39, 0.29) is 18.6 Å². The molecule has 0 amide bonds. The fourth-order valence-corrected chi connectivity index (χ4v) is 0.999. The molecular weight excluding hydrogens is 160 g/mol. The summed E-state index contributed by atoms with van der Waals surface area (Å²) in [6.07, 6.45) is 0.474. The predicted octanol–water partition coefficient (Wildman–Crippen LogP) is 1.11. The maximum atomic E-state index is 10.3. The van der Waals surface area contributed by atoms with Crippen LogP contribution >= 0.6 is 0 Å². The molecule has 72 valence electrons. The van der Waals surface area contributed by atoms with Crippen LogP contribution in [0.15, 0.2) is 0 Å². The van der Waals surface area contributed by atoms with E-state index in [4.69, 9.17) is 14.6 Å². The Bertz CT molecular complexity index is 131. The molecule has 0 unspecified atom stereocenters. The Morgan fingerprint density at radius 1 is 1.42 bits per heavy atom. The molecule has 0 heterocycles. The van der Waals surface area contributed by atoms with Gasteiger partial charge in [-0.1, -0.05) is 6.92 Å². The summed E-state index contributed by atoms with van der Waals surface area (Å²) < 4.78 is 9.87. The molecule has 0 aliphatic carbocycles. The highest BCUT2D eigenvalue weighted by atomic mass is 16.7. The van der Waals surface area contributed by atoms with E-state index in [1.807, 2.05) is 6.92 Å². The average Bonchev–Trinajstić information content (AvgIpc) is 1.98. The Morgan fingerprint density at radius 3 is 2.25 bits per heavy atom. The monoisotopic (exact) mass is 176 g/mol. The number of hydrogen-bond acceptors (Lipinski definition) is 3. The van der Waals surface area contributed by atoms with Gasteiger partial charge >= 0.3 is 5.97 Å². The lowest BCUT2D eigenvalue weighted by Gasteiger charge is -2.16. The third-order valence-corrected chi connectivity index (χ3v) is 1.64. The van der Waals surface area contributed by atoms with Crippen molar-refractivity contribution in [2.75, 3.05) is 14.2 Å². The van der Waals surface area contributed by atoms with Crippen molar-refractivity contribution in [1.29, 1.82) is 0 Å². The lowest BCUT2D eigenvalue weighted by atomic mass is 10.0. The molecule has 4 heteroatoms. The maximum absolute atomic E-state index is 10.3. The molecule has 1 N–H and O–H groups in total. The number of carbonyl (C=O) groups is 1. The van der Waals surface area contributed by atoms with E-state index in [9.17, 15) is 4.79 Å². The zero-order valence-corrected chi connectivity index (χ0v) is 7.74. The second-order valence-electron chi connectivity index (χ2n) is 2.84. The number of ether oxygens (including phenoxy) is 2. The third kappa shape index (κ3) is 5.09. The molecule has 0 aromatic rings. The number of aliphatic carboxylic acids is 1. The molecule has 0 fully saturated rings. The van der Waals surface area contributed by atoms with E-state index >= 15 is 0 Å². The van der Waals surface area contributed by atoms with Gasteiger partial charge in [0.25, 0.3) is 0 Å². The van der Waals surface area contributed by atoms with Gasteiger partial charge in [-0.25, -0.2) is 0 Å². The van der Waals surface area contributed by atoms with Crippen molar-refractivity contribution in [3.63, 3.8) is 0 Å². The second kappa shape index (κ2) is 5.97. The van der Waals surface area contributed by atoms with Crippen LogP contribution in [-0.2, 0) is 14.3 Å². The van der Waals surface area contributed by atoms with Gasteiger partial charge < -0.3 is 14.6 Å². The normalized spacial score (nSPS) is 13.3. The van der Waals surface area contributed by atoms with Crippen LogP contribution in [0.25, 0.3) is 0 Å². The summed E-state index contributed by atoms with van der Waals surface area (Å²) >= 11 is 0. The number of rotatable bonds is 6. The van der Waals surface area contributed by atoms with E-state index in [1.165, 1.54) is 0 Å². The van der Waals surface area contributed by atoms with Gasteiger partial charge in [-0.05, 0) is 5.92 Å². The van der Waals surface area contributed by atoms with Crippen LogP contribution in [0, 0.1) is 5.92 Å². The molecule has 0 bridgehead atoms. The van der Waals surface area contributed by atoms with Crippen molar-refractivity contribution in [3.05, 3.63) is 0 Å². The zero-order valence-electron chi connectivity index (χ0n) is 7.74. The fourth-order valence-electron chi connectivity index (χ4n) is 0.999. The van der Waals surface area contributed by atoms with Crippen LogP contribution < -0.4 is 0 Å². The smallest absolute Gasteiger partial charge is 0.303 e. The van der Waals surface area contributed by atoms with Gasteiger partial charge in [0.15, 0.2) is 6.29 Å². The van der Waals surface area contributed by atoms with E-state index in [0.717, 1.165) is 0 Å². The largest absolute Gasteiger partial charge is 0.481 e. The van der Waals surface area contributed by atoms with E-state index in [0.29, 0.717) is 6.42 Å². The summed E-state index contributed by atoms with van der Waals surface area (Å²) in [6.45, 7) is 1.86. The van der Waals surface area contributed by atoms with E-state index in [1.54, 1.807) is 14.2 Å². The number of carboxylic acids is 1. The SMILES string of the molecule is COC(C[C@@H](C)CC(=O)O)OC. The van der Waals surface area contributed by atoms with Crippen LogP contribution in [0.2, 0.25) is 0 Å². The van der Waals surface area contributed by atoms with Gasteiger partial charge in [0.1, 0.15) is 0 Å². The Hall–Kier alpha value is -0.610. The summed E-state index contributed by atoms with van der Waals surface area (Å²) in [5, 5.41) is 8.46. The molecular formula is C8H16O4. The topological polar surface area (TPSA) is 55.8 Å². The first kappa shape index (κ1) is 11.4. The first-order valence-corrected chi connectivity index (χ1v) is 3.87. The summed E-state index contributed by atoms with van der Waals surface area (Å²) in [6, 6.07) is 0. The Balaban J connectivity index is 3.65. The molecule has 0 saturated heterocycles. The number of methoxy groups -OCH3 is 2. The van der Waals surface area contributed by atoms with Crippen molar-refractivity contribution >= 4 is 5.97 Å². The minimum absolute atomic E-state index is 0.0763.